The molecule has 4 nitrogen and oxygen atoms in total. The Hall–Kier alpha value is -1.24. The number of anilines is 1. The average Bonchev–Trinajstić information content (AvgIpc) is 2.36. The van der Waals surface area contributed by atoms with Crippen molar-refractivity contribution < 1.29 is 17.9 Å². The molecule has 0 amide bonds. The number of rotatable bonds is 3. The number of piperidine rings is 1. The van der Waals surface area contributed by atoms with Gasteiger partial charge < -0.3 is 9.64 Å². The highest BCUT2D eigenvalue weighted by atomic mass is 35.5. The molecule has 1 aliphatic rings. The molecule has 2 rings (SSSR count). The third-order valence-electron chi connectivity index (χ3n) is 3.28. The summed E-state index contributed by atoms with van der Waals surface area (Å²) >= 11 is 5.92. The quantitative estimate of drug-likeness (QED) is 0.795. The lowest BCUT2D eigenvalue weighted by Crippen LogP contribution is -2.39. The summed E-state index contributed by atoms with van der Waals surface area (Å²) < 4.78 is 43.4. The third kappa shape index (κ3) is 4.36. The van der Waals surface area contributed by atoms with Crippen LogP contribution in [0, 0.1) is 5.92 Å². The zero-order chi connectivity index (χ0) is 15.6. The molecule has 1 aromatic heterocycles. The van der Waals surface area contributed by atoms with E-state index >= 15 is 0 Å². The first-order valence-corrected chi connectivity index (χ1v) is 7.16. The van der Waals surface area contributed by atoms with Crippen LogP contribution in [0.5, 0.6) is 6.01 Å². The number of halogens is 4. The lowest BCUT2D eigenvalue weighted by Gasteiger charge is -2.33. The van der Waals surface area contributed by atoms with E-state index in [0.29, 0.717) is 18.9 Å². The third-order valence-corrected chi connectivity index (χ3v) is 3.48. The number of aromatic nitrogens is 2. The van der Waals surface area contributed by atoms with Gasteiger partial charge in [-0.25, -0.2) is 0 Å². The highest BCUT2D eigenvalue weighted by molar-refractivity contribution is 6.29. The van der Waals surface area contributed by atoms with E-state index in [1.165, 1.54) is 0 Å². The largest absolute Gasteiger partial charge is 0.461 e. The minimum absolute atomic E-state index is 0.0610. The maximum atomic E-state index is 12.7. The summed E-state index contributed by atoms with van der Waals surface area (Å²) in [5.41, 5.74) is 0. The normalized spacial score (nSPS) is 17.4. The summed E-state index contributed by atoms with van der Waals surface area (Å²) in [5.74, 6) is -0.733. The van der Waals surface area contributed by atoms with Crippen LogP contribution in [0.4, 0.5) is 19.0 Å². The SMILES string of the molecule is CC(C)Oc1nc(Cl)cc(N2CCC(C(F)(F)F)CC2)n1. The number of ether oxygens (including phenoxy) is 1. The Balaban J connectivity index is 2.08. The first kappa shape index (κ1) is 16.1. The van der Waals surface area contributed by atoms with Crippen LogP contribution in [0.2, 0.25) is 5.15 Å². The van der Waals surface area contributed by atoms with Crippen LogP contribution in [-0.4, -0.2) is 35.3 Å². The summed E-state index contributed by atoms with van der Waals surface area (Å²) in [7, 11) is 0. The van der Waals surface area contributed by atoms with Crippen LogP contribution < -0.4 is 9.64 Å². The highest BCUT2D eigenvalue weighted by Gasteiger charge is 2.41. The predicted molar refractivity (Wildman–Crippen MR) is 73.8 cm³/mol. The van der Waals surface area contributed by atoms with Crippen molar-refractivity contribution in [3.05, 3.63) is 11.2 Å². The van der Waals surface area contributed by atoms with Crippen molar-refractivity contribution in [2.75, 3.05) is 18.0 Å². The van der Waals surface area contributed by atoms with Gasteiger partial charge in [0.1, 0.15) is 11.0 Å². The summed E-state index contributed by atoms with van der Waals surface area (Å²) in [4.78, 5) is 9.94. The lowest BCUT2D eigenvalue weighted by atomic mass is 9.96. The molecule has 0 unspecified atom stereocenters. The van der Waals surface area contributed by atoms with Crippen molar-refractivity contribution in [2.45, 2.75) is 39.0 Å². The zero-order valence-electron chi connectivity index (χ0n) is 11.8. The van der Waals surface area contributed by atoms with Gasteiger partial charge in [0, 0.05) is 19.2 Å². The van der Waals surface area contributed by atoms with Gasteiger partial charge in [-0.1, -0.05) is 11.6 Å². The molecule has 0 spiro atoms. The summed E-state index contributed by atoms with van der Waals surface area (Å²) in [6.07, 6.45) is -4.11. The van der Waals surface area contributed by atoms with Crippen LogP contribution >= 0.6 is 11.6 Å². The second kappa shape index (κ2) is 6.25. The van der Waals surface area contributed by atoms with Gasteiger partial charge >= 0.3 is 12.2 Å². The van der Waals surface area contributed by atoms with Crippen LogP contribution in [0.15, 0.2) is 6.07 Å². The smallest absolute Gasteiger partial charge is 0.391 e. The second-order valence-electron chi connectivity index (χ2n) is 5.30. The van der Waals surface area contributed by atoms with E-state index < -0.39 is 12.1 Å². The molecule has 1 saturated heterocycles. The first-order chi connectivity index (χ1) is 9.75. The Morgan fingerprint density at radius 3 is 2.43 bits per heavy atom. The fraction of sp³-hybridized carbons (Fsp3) is 0.692. The molecular formula is C13H17ClF3N3O. The van der Waals surface area contributed by atoms with Crippen LogP contribution in [0.25, 0.3) is 0 Å². The van der Waals surface area contributed by atoms with Gasteiger partial charge in [-0.3, -0.25) is 0 Å². The fourth-order valence-electron chi connectivity index (χ4n) is 2.25. The fourth-order valence-corrected chi connectivity index (χ4v) is 2.42. The molecule has 1 aliphatic heterocycles. The van der Waals surface area contributed by atoms with Gasteiger partial charge in [0.25, 0.3) is 0 Å². The maximum Gasteiger partial charge on any atom is 0.391 e. The van der Waals surface area contributed by atoms with E-state index in [0.717, 1.165) is 0 Å². The van der Waals surface area contributed by atoms with Crippen molar-refractivity contribution in [1.29, 1.82) is 0 Å². The van der Waals surface area contributed by atoms with E-state index in [1.54, 1.807) is 11.0 Å². The van der Waals surface area contributed by atoms with E-state index in [4.69, 9.17) is 16.3 Å². The average molecular weight is 324 g/mol. The molecular weight excluding hydrogens is 307 g/mol. The Morgan fingerprint density at radius 2 is 1.90 bits per heavy atom. The molecule has 2 heterocycles. The molecule has 0 bridgehead atoms. The molecule has 0 aliphatic carbocycles. The predicted octanol–water partition coefficient (Wildman–Crippen LogP) is 3.70. The van der Waals surface area contributed by atoms with Crippen molar-refractivity contribution in [3.63, 3.8) is 0 Å². The first-order valence-electron chi connectivity index (χ1n) is 6.78. The van der Waals surface area contributed by atoms with Crippen LogP contribution in [0.3, 0.4) is 0 Å². The second-order valence-corrected chi connectivity index (χ2v) is 5.69. The summed E-state index contributed by atoms with van der Waals surface area (Å²) in [6.45, 7) is 4.24. The van der Waals surface area contributed by atoms with Gasteiger partial charge in [-0.2, -0.15) is 23.1 Å². The van der Waals surface area contributed by atoms with Crippen molar-refractivity contribution in [2.24, 2.45) is 5.92 Å². The minimum atomic E-state index is -4.12. The number of hydrogen-bond donors (Lipinski definition) is 0. The van der Waals surface area contributed by atoms with Crippen LogP contribution in [0.1, 0.15) is 26.7 Å². The van der Waals surface area contributed by atoms with Crippen molar-refractivity contribution in [1.82, 2.24) is 9.97 Å². The molecule has 1 fully saturated rings. The van der Waals surface area contributed by atoms with Crippen molar-refractivity contribution >= 4 is 17.4 Å². The summed E-state index contributed by atoms with van der Waals surface area (Å²) in [5, 5.41) is 0.216. The van der Waals surface area contributed by atoms with E-state index in [9.17, 15) is 13.2 Å². The monoisotopic (exact) mass is 323 g/mol. The maximum absolute atomic E-state index is 12.7. The number of nitrogens with zero attached hydrogens (tertiary/aromatic N) is 3. The molecule has 1 aromatic rings. The topological polar surface area (TPSA) is 38.2 Å². The molecule has 0 aromatic carbocycles. The Kier molecular flexibility index (Phi) is 4.81. The lowest BCUT2D eigenvalue weighted by molar-refractivity contribution is -0.179. The van der Waals surface area contributed by atoms with E-state index in [1.807, 2.05) is 13.8 Å². The minimum Gasteiger partial charge on any atom is -0.461 e. The Morgan fingerprint density at radius 1 is 1.29 bits per heavy atom. The molecule has 21 heavy (non-hydrogen) atoms. The van der Waals surface area contributed by atoms with E-state index in [-0.39, 0.29) is 30.1 Å². The van der Waals surface area contributed by atoms with Gasteiger partial charge in [-0.05, 0) is 26.7 Å². The number of alkyl halides is 3. The standard InChI is InChI=1S/C13H17ClF3N3O/c1-8(2)21-12-18-10(14)7-11(19-12)20-5-3-9(4-6-20)13(15,16)17/h7-9H,3-6H2,1-2H3. The Labute approximate surface area is 126 Å². The van der Waals surface area contributed by atoms with Crippen LogP contribution in [-0.2, 0) is 0 Å². The van der Waals surface area contributed by atoms with Gasteiger partial charge in [0.15, 0.2) is 0 Å². The zero-order valence-corrected chi connectivity index (χ0v) is 12.6. The van der Waals surface area contributed by atoms with Gasteiger partial charge in [-0.15, -0.1) is 0 Å². The van der Waals surface area contributed by atoms with Gasteiger partial charge in [0.2, 0.25) is 0 Å². The Bertz CT molecular complexity index is 488. The highest BCUT2D eigenvalue weighted by Crippen LogP contribution is 2.35. The van der Waals surface area contributed by atoms with E-state index in [2.05, 4.69) is 9.97 Å². The molecule has 8 heteroatoms. The molecule has 0 atom stereocenters. The number of hydrogen-bond acceptors (Lipinski definition) is 4. The molecule has 0 N–H and O–H groups in total. The molecule has 0 radical (unpaired) electrons. The van der Waals surface area contributed by atoms with Gasteiger partial charge in [0.05, 0.1) is 12.0 Å². The molecule has 0 saturated carbocycles. The van der Waals surface area contributed by atoms with Crippen molar-refractivity contribution in [3.8, 4) is 6.01 Å². The molecule has 118 valence electrons. The summed E-state index contributed by atoms with van der Waals surface area (Å²) in [6, 6.07) is 1.69.